The summed E-state index contributed by atoms with van der Waals surface area (Å²) in [5.74, 6) is 0.813. The predicted molar refractivity (Wildman–Crippen MR) is 84.6 cm³/mol. The normalized spacial score (nSPS) is 11.2. The minimum atomic E-state index is 0.663. The SMILES string of the molecule is CCc1nc(CNc2ncnc3c(C)nn(CC)c23)cs1. The fourth-order valence-electron chi connectivity index (χ4n) is 2.29. The number of thiazole rings is 1. The van der Waals surface area contributed by atoms with Crippen LogP contribution in [0.15, 0.2) is 11.7 Å². The maximum absolute atomic E-state index is 4.56. The molecular weight excluding hydrogens is 284 g/mol. The first-order chi connectivity index (χ1) is 10.2. The molecule has 21 heavy (non-hydrogen) atoms. The molecule has 0 unspecified atom stereocenters. The van der Waals surface area contributed by atoms with E-state index in [1.54, 1.807) is 17.7 Å². The molecule has 3 aromatic rings. The van der Waals surface area contributed by atoms with Gasteiger partial charge in [-0.2, -0.15) is 5.10 Å². The Morgan fingerprint density at radius 1 is 1.29 bits per heavy atom. The van der Waals surface area contributed by atoms with Gasteiger partial charge in [0, 0.05) is 11.9 Å². The van der Waals surface area contributed by atoms with E-state index in [4.69, 9.17) is 0 Å². The lowest BCUT2D eigenvalue weighted by Gasteiger charge is -2.06. The maximum atomic E-state index is 4.56. The van der Waals surface area contributed by atoms with E-state index in [2.05, 4.69) is 44.6 Å². The average molecular weight is 302 g/mol. The fraction of sp³-hybridized carbons (Fsp3) is 0.429. The third kappa shape index (κ3) is 2.61. The van der Waals surface area contributed by atoms with Crippen LogP contribution in [0, 0.1) is 6.92 Å². The van der Waals surface area contributed by atoms with Crippen molar-refractivity contribution in [2.45, 2.75) is 40.3 Å². The molecule has 1 N–H and O–H groups in total. The van der Waals surface area contributed by atoms with Gasteiger partial charge in [-0.05, 0) is 20.3 Å². The van der Waals surface area contributed by atoms with Gasteiger partial charge in [0.1, 0.15) is 17.4 Å². The smallest absolute Gasteiger partial charge is 0.156 e. The van der Waals surface area contributed by atoms with Crippen LogP contribution in [-0.2, 0) is 19.5 Å². The van der Waals surface area contributed by atoms with Crippen LogP contribution in [0.25, 0.3) is 11.0 Å². The predicted octanol–water partition coefficient (Wildman–Crippen LogP) is 2.79. The van der Waals surface area contributed by atoms with E-state index in [-0.39, 0.29) is 0 Å². The van der Waals surface area contributed by atoms with Crippen molar-refractivity contribution in [3.05, 3.63) is 28.1 Å². The lowest BCUT2D eigenvalue weighted by Crippen LogP contribution is -2.06. The quantitative estimate of drug-likeness (QED) is 0.785. The minimum absolute atomic E-state index is 0.663. The zero-order chi connectivity index (χ0) is 14.8. The van der Waals surface area contributed by atoms with Crippen LogP contribution in [-0.4, -0.2) is 24.7 Å². The lowest BCUT2D eigenvalue weighted by atomic mass is 10.3. The molecule has 0 aromatic carbocycles. The van der Waals surface area contributed by atoms with Gasteiger partial charge in [-0.25, -0.2) is 15.0 Å². The molecule has 0 saturated heterocycles. The molecule has 0 fully saturated rings. The van der Waals surface area contributed by atoms with Crippen LogP contribution in [0.5, 0.6) is 0 Å². The molecule has 6 nitrogen and oxygen atoms in total. The Balaban J connectivity index is 1.89. The number of anilines is 1. The van der Waals surface area contributed by atoms with Crippen molar-refractivity contribution in [1.82, 2.24) is 24.7 Å². The van der Waals surface area contributed by atoms with E-state index < -0.39 is 0 Å². The highest BCUT2D eigenvalue weighted by atomic mass is 32.1. The lowest BCUT2D eigenvalue weighted by molar-refractivity contribution is 0.675. The molecule has 0 spiro atoms. The first kappa shape index (κ1) is 13.9. The molecule has 110 valence electrons. The second-order valence-corrected chi connectivity index (χ2v) is 5.70. The van der Waals surface area contributed by atoms with Crippen LogP contribution >= 0.6 is 11.3 Å². The van der Waals surface area contributed by atoms with Gasteiger partial charge in [-0.15, -0.1) is 11.3 Å². The molecule has 0 saturated carbocycles. The van der Waals surface area contributed by atoms with Crippen molar-refractivity contribution in [3.8, 4) is 0 Å². The first-order valence-corrected chi connectivity index (χ1v) is 7.96. The molecule has 0 aliphatic rings. The molecule has 0 atom stereocenters. The average Bonchev–Trinajstić information content (AvgIpc) is 3.10. The summed E-state index contributed by atoms with van der Waals surface area (Å²) in [7, 11) is 0. The standard InChI is InChI=1S/C14H18N6S/c1-4-11-18-10(7-21-11)6-15-14-13-12(16-8-17-14)9(3)19-20(13)5-2/h7-8H,4-6H2,1-3H3,(H,15,16,17). The number of hydrogen-bond acceptors (Lipinski definition) is 6. The van der Waals surface area contributed by atoms with Gasteiger partial charge in [0.25, 0.3) is 0 Å². The Morgan fingerprint density at radius 3 is 2.86 bits per heavy atom. The van der Waals surface area contributed by atoms with Crippen molar-refractivity contribution in [2.24, 2.45) is 0 Å². The van der Waals surface area contributed by atoms with Crippen molar-refractivity contribution in [1.29, 1.82) is 0 Å². The van der Waals surface area contributed by atoms with Crippen molar-refractivity contribution >= 4 is 28.2 Å². The summed E-state index contributed by atoms with van der Waals surface area (Å²) >= 11 is 1.70. The van der Waals surface area contributed by atoms with Crippen molar-refractivity contribution in [2.75, 3.05) is 5.32 Å². The van der Waals surface area contributed by atoms with E-state index in [0.29, 0.717) is 6.54 Å². The van der Waals surface area contributed by atoms with E-state index >= 15 is 0 Å². The third-order valence-electron chi connectivity index (χ3n) is 3.33. The highest BCUT2D eigenvalue weighted by Gasteiger charge is 2.13. The highest BCUT2D eigenvalue weighted by Crippen LogP contribution is 2.22. The maximum Gasteiger partial charge on any atom is 0.156 e. The van der Waals surface area contributed by atoms with Crippen LogP contribution in [0.4, 0.5) is 5.82 Å². The van der Waals surface area contributed by atoms with E-state index in [1.807, 2.05) is 11.6 Å². The van der Waals surface area contributed by atoms with Gasteiger partial charge >= 0.3 is 0 Å². The summed E-state index contributed by atoms with van der Waals surface area (Å²) in [6.45, 7) is 7.61. The van der Waals surface area contributed by atoms with Crippen molar-refractivity contribution in [3.63, 3.8) is 0 Å². The summed E-state index contributed by atoms with van der Waals surface area (Å²) in [6, 6.07) is 0. The van der Waals surface area contributed by atoms with Gasteiger partial charge in [0.05, 0.1) is 22.9 Å². The van der Waals surface area contributed by atoms with E-state index in [0.717, 1.165) is 46.2 Å². The third-order valence-corrected chi connectivity index (χ3v) is 4.37. The second kappa shape index (κ2) is 5.77. The molecule has 3 rings (SSSR count). The largest absolute Gasteiger partial charge is 0.362 e. The van der Waals surface area contributed by atoms with Gasteiger partial charge in [0.2, 0.25) is 0 Å². The molecule has 0 amide bonds. The Bertz CT molecular complexity index is 760. The Hall–Kier alpha value is -2.02. The van der Waals surface area contributed by atoms with Crippen LogP contribution in [0.1, 0.15) is 30.2 Å². The zero-order valence-electron chi connectivity index (χ0n) is 12.4. The Labute approximate surface area is 127 Å². The Kier molecular flexibility index (Phi) is 3.83. The van der Waals surface area contributed by atoms with Crippen molar-refractivity contribution < 1.29 is 0 Å². The molecular formula is C14H18N6S. The van der Waals surface area contributed by atoms with Crippen LogP contribution in [0.2, 0.25) is 0 Å². The molecule has 0 bridgehead atoms. The van der Waals surface area contributed by atoms with E-state index in [1.165, 1.54) is 0 Å². The molecule has 3 heterocycles. The van der Waals surface area contributed by atoms with E-state index in [9.17, 15) is 0 Å². The molecule has 3 aromatic heterocycles. The summed E-state index contributed by atoms with van der Waals surface area (Å²) in [6.07, 6.45) is 2.56. The number of aryl methyl sites for hydroxylation is 3. The number of fused-ring (bicyclic) bond motifs is 1. The van der Waals surface area contributed by atoms with Gasteiger partial charge in [-0.3, -0.25) is 4.68 Å². The summed E-state index contributed by atoms with van der Waals surface area (Å²) in [5, 5.41) is 11.1. The van der Waals surface area contributed by atoms with Gasteiger partial charge < -0.3 is 5.32 Å². The van der Waals surface area contributed by atoms with Gasteiger partial charge in [0.15, 0.2) is 5.82 Å². The summed E-state index contributed by atoms with van der Waals surface area (Å²) in [4.78, 5) is 13.3. The number of rotatable bonds is 5. The van der Waals surface area contributed by atoms with Gasteiger partial charge in [-0.1, -0.05) is 6.92 Å². The number of nitrogens with one attached hydrogen (secondary N) is 1. The molecule has 0 radical (unpaired) electrons. The van der Waals surface area contributed by atoms with Crippen LogP contribution in [0.3, 0.4) is 0 Å². The summed E-state index contributed by atoms with van der Waals surface area (Å²) < 4.78 is 1.94. The highest BCUT2D eigenvalue weighted by molar-refractivity contribution is 7.09. The minimum Gasteiger partial charge on any atom is -0.362 e. The zero-order valence-corrected chi connectivity index (χ0v) is 13.2. The topological polar surface area (TPSA) is 68.5 Å². The molecule has 0 aliphatic carbocycles. The molecule has 0 aliphatic heterocycles. The fourth-order valence-corrected chi connectivity index (χ4v) is 3.04. The first-order valence-electron chi connectivity index (χ1n) is 7.08. The monoisotopic (exact) mass is 302 g/mol. The number of aromatic nitrogens is 5. The number of hydrogen-bond donors (Lipinski definition) is 1. The Morgan fingerprint density at radius 2 is 2.14 bits per heavy atom. The second-order valence-electron chi connectivity index (χ2n) is 4.76. The van der Waals surface area contributed by atoms with Crippen LogP contribution < -0.4 is 5.32 Å². The number of nitrogens with zero attached hydrogens (tertiary/aromatic N) is 5. The summed E-state index contributed by atoms with van der Waals surface area (Å²) in [5.41, 5.74) is 3.84. The molecule has 7 heteroatoms.